The van der Waals surface area contributed by atoms with E-state index in [2.05, 4.69) is 35.1 Å². The summed E-state index contributed by atoms with van der Waals surface area (Å²) in [6.45, 7) is 9.09. The molecule has 0 bridgehead atoms. The summed E-state index contributed by atoms with van der Waals surface area (Å²) in [4.78, 5) is 30.1. The summed E-state index contributed by atoms with van der Waals surface area (Å²) in [5.41, 5.74) is 11.4. The molecule has 8 nitrogen and oxygen atoms in total. The number of likely N-dealkylation sites (tertiary alicyclic amines) is 2. The van der Waals surface area contributed by atoms with Crippen molar-refractivity contribution in [2.45, 2.75) is 58.0 Å². The van der Waals surface area contributed by atoms with Gasteiger partial charge in [-0.25, -0.2) is 10.9 Å². The highest BCUT2D eigenvalue weighted by Gasteiger charge is 2.45. The second-order valence-corrected chi connectivity index (χ2v) is 11.2. The number of hydrogen-bond donors (Lipinski definition) is 3. The minimum atomic E-state index is 0.0141. The van der Waals surface area contributed by atoms with E-state index in [-0.39, 0.29) is 24.3 Å². The van der Waals surface area contributed by atoms with Gasteiger partial charge in [-0.3, -0.25) is 9.59 Å². The predicted octanol–water partition coefficient (Wildman–Crippen LogP) is 2.22. The Morgan fingerprint density at radius 3 is 2.44 bits per heavy atom. The maximum atomic E-state index is 13.2. The number of nitrogens with zero attached hydrogens (tertiary/aromatic N) is 2. The average Bonchev–Trinajstić information content (AvgIpc) is 3.52. The standard InChI is InChI=1S/C25H36ClN5O3/c1-14(2)19-8-20(26)15(3)6-23(19)34-13-24(32)30-9-17-11-31(12-18(17)10-30)25(33)16-4-5-21-22(7-16)28-29-27-21/h6,8,14,16-18,21-22,27-29H,4-5,7,9-13H2,1-3H3/t16?,17-,18+,21?,22?. The summed E-state index contributed by atoms with van der Waals surface area (Å²) in [5.74, 6) is 2.12. The first-order valence-electron chi connectivity index (χ1n) is 12.6. The number of carbonyl (C=O) groups is 2. The molecular formula is C25H36ClN5O3. The minimum Gasteiger partial charge on any atom is -0.483 e. The number of ether oxygens (including phenoxy) is 1. The number of hydrazine groups is 2. The molecule has 4 fully saturated rings. The summed E-state index contributed by atoms with van der Waals surface area (Å²) in [6, 6.07) is 4.60. The Balaban J connectivity index is 1.12. The minimum absolute atomic E-state index is 0.0141. The lowest BCUT2D eigenvalue weighted by Gasteiger charge is -2.32. The fraction of sp³-hybridized carbons (Fsp3) is 0.680. The summed E-state index contributed by atoms with van der Waals surface area (Å²) < 4.78 is 5.97. The summed E-state index contributed by atoms with van der Waals surface area (Å²) in [7, 11) is 0. The van der Waals surface area contributed by atoms with Gasteiger partial charge < -0.3 is 14.5 Å². The van der Waals surface area contributed by atoms with Crippen molar-refractivity contribution in [2.75, 3.05) is 32.8 Å². The molecule has 1 aromatic rings. The molecule has 1 saturated carbocycles. The molecular weight excluding hydrogens is 454 g/mol. The molecule has 0 spiro atoms. The Hall–Kier alpha value is -1.87. The van der Waals surface area contributed by atoms with E-state index in [1.807, 2.05) is 24.0 Å². The Morgan fingerprint density at radius 1 is 1.06 bits per heavy atom. The second-order valence-electron chi connectivity index (χ2n) is 10.8. The molecule has 3 saturated heterocycles. The number of nitrogens with one attached hydrogen (secondary N) is 3. The third-order valence-electron chi connectivity index (χ3n) is 8.13. The zero-order chi connectivity index (χ0) is 24.0. The molecule has 3 aliphatic heterocycles. The monoisotopic (exact) mass is 489 g/mol. The highest BCUT2D eigenvalue weighted by Crippen LogP contribution is 2.35. The van der Waals surface area contributed by atoms with Gasteiger partial charge in [0.25, 0.3) is 5.91 Å². The number of amides is 2. The van der Waals surface area contributed by atoms with Crippen molar-refractivity contribution in [1.29, 1.82) is 0 Å². The molecule has 5 rings (SSSR count). The van der Waals surface area contributed by atoms with E-state index < -0.39 is 0 Å². The number of fused-ring (bicyclic) bond motifs is 2. The van der Waals surface area contributed by atoms with Crippen LogP contribution in [0.25, 0.3) is 0 Å². The van der Waals surface area contributed by atoms with Gasteiger partial charge >= 0.3 is 0 Å². The maximum absolute atomic E-state index is 13.2. The third-order valence-corrected chi connectivity index (χ3v) is 8.54. The van der Waals surface area contributed by atoms with E-state index in [1.165, 1.54) is 0 Å². The van der Waals surface area contributed by atoms with Gasteiger partial charge in [-0.15, -0.1) is 0 Å². The first-order valence-corrected chi connectivity index (χ1v) is 12.9. The summed E-state index contributed by atoms with van der Waals surface area (Å²) in [6.07, 6.45) is 2.82. The molecule has 3 heterocycles. The van der Waals surface area contributed by atoms with Crippen molar-refractivity contribution >= 4 is 23.4 Å². The van der Waals surface area contributed by atoms with Crippen LogP contribution < -0.4 is 21.1 Å². The molecule has 3 N–H and O–H groups in total. The normalized spacial score (nSPS) is 30.6. The Kier molecular flexibility index (Phi) is 6.77. The molecule has 0 radical (unpaired) electrons. The van der Waals surface area contributed by atoms with Gasteiger partial charge in [-0.05, 0) is 55.4 Å². The molecule has 1 aromatic carbocycles. The molecule has 0 aromatic heterocycles. The van der Waals surface area contributed by atoms with E-state index >= 15 is 0 Å². The van der Waals surface area contributed by atoms with Crippen LogP contribution in [0.4, 0.5) is 0 Å². The largest absolute Gasteiger partial charge is 0.483 e. The Morgan fingerprint density at radius 2 is 1.74 bits per heavy atom. The Bertz CT molecular complexity index is 943. The number of hydrogen-bond acceptors (Lipinski definition) is 6. The topological polar surface area (TPSA) is 85.9 Å². The van der Waals surface area contributed by atoms with Gasteiger partial charge in [0.05, 0.1) is 0 Å². The zero-order valence-electron chi connectivity index (χ0n) is 20.3. The first-order chi connectivity index (χ1) is 16.3. The smallest absolute Gasteiger partial charge is 0.260 e. The third kappa shape index (κ3) is 4.65. The van der Waals surface area contributed by atoms with E-state index in [1.54, 1.807) is 0 Å². The van der Waals surface area contributed by atoms with Crippen LogP contribution in [0.5, 0.6) is 5.75 Å². The summed E-state index contributed by atoms with van der Waals surface area (Å²) >= 11 is 6.29. The Labute approximate surface area is 206 Å². The molecule has 5 atom stereocenters. The first kappa shape index (κ1) is 23.9. The van der Waals surface area contributed by atoms with Gasteiger partial charge in [0.15, 0.2) is 6.61 Å². The quantitative estimate of drug-likeness (QED) is 0.588. The lowest BCUT2D eigenvalue weighted by atomic mass is 9.82. The van der Waals surface area contributed by atoms with Crippen molar-refractivity contribution in [1.82, 2.24) is 26.2 Å². The molecule has 34 heavy (non-hydrogen) atoms. The lowest BCUT2D eigenvalue weighted by Crippen LogP contribution is -2.45. The van der Waals surface area contributed by atoms with Crippen LogP contribution in [0.3, 0.4) is 0 Å². The SMILES string of the molecule is Cc1cc(OCC(=O)N2C[C@@H]3CN(C(=O)C4CCC5NNNC5C4)C[C@@H]3C2)c(C(C)C)cc1Cl. The van der Waals surface area contributed by atoms with Gasteiger partial charge in [0, 0.05) is 61.0 Å². The van der Waals surface area contributed by atoms with E-state index in [0.717, 1.165) is 54.3 Å². The van der Waals surface area contributed by atoms with Crippen molar-refractivity contribution in [3.8, 4) is 5.75 Å². The lowest BCUT2D eigenvalue weighted by molar-refractivity contribution is -0.136. The zero-order valence-corrected chi connectivity index (χ0v) is 21.0. The van der Waals surface area contributed by atoms with Crippen LogP contribution in [-0.2, 0) is 9.59 Å². The molecule has 186 valence electrons. The van der Waals surface area contributed by atoms with Crippen LogP contribution in [0.15, 0.2) is 12.1 Å². The van der Waals surface area contributed by atoms with Crippen molar-refractivity contribution in [2.24, 2.45) is 17.8 Å². The number of aryl methyl sites for hydroxylation is 1. The maximum Gasteiger partial charge on any atom is 0.260 e. The van der Waals surface area contributed by atoms with Gasteiger partial charge in [-0.2, -0.15) is 5.53 Å². The highest BCUT2D eigenvalue weighted by molar-refractivity contribution is 6.31. The molecule has 9 heteroatoms. The van der Waals surface area contributed by atoms with Crippen LogP contribution >= 0.6 is 11.6 Å². The number of halogens is 1. The van der Waals surface area contributed by atoms with E-state index in [4.69, 9.17) is 16.3 Å². The number of carbonyl (C=O) groups excluding carboxylic acids is 2. The molecule has 3 unspecified atom stereocenters. The number of rotatable bonds is 5. The van der Waals surface area contributed by atoms with Crippen molar-refractivity contribution in [3.63, 3.8) is 0 Å². The second kappa shape index (κ2) is 9.64. The van der Waals surface area contributed by atoms with Crippen molar-refractivity contribution in [3.05, 3.63) is 28.3 Å². The molecule has 2 amide bonds. The number of benzene rings is 1. The predicted molar refractivity (Wildman–Crippen MR) is 130 cm³/mol. The fourth-order valence-corrected chi connectivity index (χ4v) is 6.24. The van der Waals surface area contributed by atoms with Gasteiger partial charge in [0.2, 0.25) is 5.91 Å². The average molecular weight is 490 g/mol. The van der Waals surface area contributed by atoms with Crippen molar-refractivity contribution < 1.29 is 14.3 Å². The van der Waals surface area contributed by atoms with E-state index in [0.29, 0.717) is 42.9 Å². The van der Waals surface area contributed by atoms with Crippen LogP contribution in [-0.4, -0.2) is 66.5 Å². The van der Waals surface area contributed by atoms with Crippen LogP contribution in [0.2, 0.25) is 5.02 Å². The molecule has 4 aliphatic rings. The molecule has 1 aliphatic carbocycles. The van der Waals surface area contributed by atoms with Crippen LogP contribution in [0.1, 0.15) is 50.2 Å². The fourth-order valence-electron chi connectivity index (χ4n) is 6.07. The highest BCUT2D eigenvalue weighted by atomic mass is 35.5. The van der Waals surface area contributed by atoms with Crippen LogP contribution in [0, 0.1) is 24.7 Å². The summed E-state index contributed by atoms with van der Waals surface area (Å²) in [5, 5.41) is 0.717. The van der Waals surface area contributed by atoms with E-state index in [9.17, 15) is 9.59 Å². The van der Waals surface area contributed by atoms with Gasteiger partial charge in [0.1, 0.15) is 5.75 Å². The van der Waals surface area contributed by atoms with Gasteiger partial charge in [-0.1, -0.05) is 25.4 Å².